The van der Waals surface area contributed by atoms with E-state index >= 15 is 0 Å². The molecule has 1 rings (SSSR count). The van der Waals surface area contributed by atoms with E-state index in [-0.39, 0.29) is 16.2 Å². The van der Waals surface area contributed by atoms with E-state index in [1.165, 1.54) is 11.1 Å². The maximum Gasteiger partial charge on any atom is 0.119 e. The van der Waals surface area contributed by atoms with Gasteiger partial charge >= 0.3 is 0 Å². The number of rotatable bonds is 1. The van der Waals surface area contributed by atoms with Crippen molar-refractivity contribution in [2.24, 2.45) is 5.41 Å². The van der Waals surface area contributed by atoms with Crippen molar-refractivity contribution >= 4 is 0 Å². The normalized spacial score (nSPS) is 13.7. The number of hydrogen-bond acceptors (Lipinski definition) is 1. The van der Waals surface area contributed by atoms with Crippen LogP contribution in [0.4, 0.5) is 0 Å². The molecular weight excluding hydrogens is 244 g/mol. The van der Waals surface area contributed by atoms with Gasteiger partial charge in [-0.1, -0.05) is 68.4 Å². The largest absolute Gasteiger partial charge is 0.508 e. The Hall–Kier alpha value is -0.980. The predicted octanol–water partition coefficient (Wildman–Crippen LogP) is 5.58. The van der Waals surface area contributed by atoms with Gasteiger partial charge < -0.3 is 5.11 Å². The summed E-state index contributed by atoms with van der Waals surface area (Å²) in [5.74, 6) is 0.442. The highest BCUT2D eigenvalue weighted by atomic mass is 16.3. The van der Waals surface area contributed by atoms with Gasteiger partial charge in [-0.15, -0.1) is 0 Å². The minimum atomic E-state index is 0.0297. The molecule has 0 saturated carbocycles. The second-order valence-corrected chi connectivity index (χ2v) is 9.22. The summed E-state index contributed by atoms with van der Waals surface area (Å²) in [7, 11) is 0. The van der Waals surface area contributed by atoms with Gasteiger partial charge in [0.05, 0.1) is 0 Å². The standard InChI is InChI=1S/C19H32O/c1-17(2,3)12-13-15(20)11-10-14(18(4,5)6)16(13)19(7,8)9/h10-11,20H,12H2,1-9H3. The van der Waals surface area contributed by atoms with E-state index in [0.717, 1.165) is 12.0 Å². The fraction of sp³-hybridized carbons (Fsp3) is 0.684. The summed E-state index contributed by atoms with van der Waals surface area (Å²) in [4.78, 5) is 0. The molecule has 1 heteroatoms. The molecule has 1 aromatic carbocycles. The van der Waals surface area contributed by atoms with E-state index in [2.05, 4.69) is 68.4 Å². The third kappa shape index (κ3) is 4.01. The molecule has 1 aromatic rings. The van der Waals surface area contributed by atoms with Gasteiger partial charge in [-0.2, -0.15) is 0 Å². The fourth-order valence-corrected chi connectivity index (χ4v) is 2.83. The zero-order valence-electron chi connectivity index (χ0n) is 14.8. The third-order valence-electron chi connectivity index (χ3n) is 3.55. The zero-order chi connectivity index (χ0) is 15.9. The SMILES string of the molecule is CC(C)(C)Cc1c(O)ccc(C(C)(C)C)c1C(C)(C)C. The number of phenolic OH excluding ortho intramolecular Hbond substituents is 1. The molecule has 20 heavy (non-hydrogen) atoms. The average molecular weight is 276 g/mol. The molecule has 1 N–H and O–H groups in total. The van der Waals surface area contributed by atoms with E-state index in [4.69, 9.17) is 0 Å². The topological polar surface area (TPSA) is 20.2 Å². The maximum atomic E-state index is 10.4. The molecule has 0 unspecified atom stereocenters. The molecule has 0 aliphatic rings. The Morgan fingerprint density at radius 1 is 0.800 bits per heavy atom. The van der Waals surface area contributed by atoms with Crippen molar-refractivity contribution in [3.8, 4) is 5.75 Å². The number of aromatic hydroxyl groups is 1. The highest BCUT2D eigenvalue weighted by Crippen LogP contribution is 2.41. The maximum absolute atomic E-state index is 10.4. The van der Waals surface area contributed by atoms with Gasteiger partial charge in [-0.05, 0) is 45.4 Å². The second-order valence-electron chi connectivity index (χ2n) is 9.22. The Bertz CT molecular complexity index is 476. The molecule has 0 heterocycles. The molecule has 0 aromatic heterocycles. The Morgan fingerprint density at radius 3 is 1.65 bits per heavy atom. The summed E-state index contributed by atoms with van der Waals surface area (Å²) in [5.41, 5.74) is 4.07. The molecule has 0 amide bonds. The molecule has 0 spiro atoms. The van der Waals surface area contributed by atoms with Crippen molar-refractivity contribution in [2.75, 3.05) is 0 Å². The van der Waals surface area contributed by atoms with Gasteiger partial charge in [0.1, 0.15) is 5.75 Å². The van der Waals surface area contributed by atoms with Crippen molar-refractivity contribution in [2.45, 2.75) is 79.6 Å². The van der Waals surface area contributed by atoms with E-state index < -0.39 is 0 Å². The highest BCUT2D eigenvalue weighted by Gasteiger charge is 2.30. The van der Waals surface area contributed by atoms with Crippen molar-refractivity contribution < 1.29 is 5.11 Å². The summed E-state index contributed by atoms with van der Waals surface area (Å²) < 4.78 is 0. The van der Waals surface area contributed by atoms with E-state index in [1.807, 2.05) is 6.07 Å². The lowest BCUT2D eigenvalue weighted by Crippen LogP contribution is -2.25. The average Bonchev–Trinajstić information content (AvgIpc) is 2.15. The lowest BCUT2D eigenvalue weighted by molar-refractivity contribution is 0.385. The van der Waals surface area contributed by atoms with Crippen LogP contribution in [0.1, 0.15) is 79.0 Å². The van der Waals surface area contributed by atoms with Crippen LogP contribution in [-0.4, -0.2) is 5.11 Å². The summed E-state index contributed by atoms with van der Waals surface area (Å²) in [6.07, 6.45) is 0.898. The first-order chi connectivity index (χ1) is 8.73. The van der Waals surface area contributed by atoms with E-state index in [1.54, 1.807) is 0 Å². The van der Waals surface area contributed by atoms with Gasteiger partial charge in [0.2, 0.25) is 0 Å². The zero-order valence-corrected chi connectivity index (χ0v) is 14.8. The number of hydrogen-bond donors (Lipinski definition) is 1. The summed E-state index contributed by atoms with van der Waals surface area (Å²) in [6.45, 7) is 20.1. The summed E-state index contributed by atoms with van der Waals surface area (Å²) >= 11 is 0. The lowest BCUT2D eigenvalue weighted by Gasteiger charge is -2.34. The first kappa shape index (κ1) is 17.1. The monoisotopic (exact) mass is 276 g/mol. The molecule has 0 saturated heterocycles. The van der Waals surface area contributed by atoms with Gasteiger partial charge in [0.15, 0.2) is 0 Å². The van der Waals surface area contributed by atoms with Crippen molar-refractivity contribution in [3.05, 3.63) is 28.8 Å². The van der Waals surface area contributed by atoms with Crippen LogP contribution < -0.4 is 0 Å². The third-order valence-corrected chi connectivity index (χ3v) is 3.55. The first-order valence-corrected chi connectivity index (χ1v) is 7.59. The van der Waals surface area contributed by atoms with Crippen molar-refractivity contribution in [3.63, 3.8) is 0 Å². The predicted molar refractivity (Wildman–Crippen MR) is 88.7 cm³/mol. The van der Waals surface area contributed by atoms with Crippen LogP contribution in [0.15, 0.2) is 12.1 Å². The van der Waals surface area contributed by atoms with Gasteiger partial charge in [0, 0.05) is 0 Å². The van der Waals surface area contributed by atoms with E-state index in [0.29, 0.717) is 5.75 Å². The van der Waals surface area contributed by atoms with Crippen LogP contribution in [0.25, 0.3) is 0 Å². The first-order valence-electron chi connectivity index (χ1n) is 7.59. The van der Waals surface area contributed by atoms with Crippen LogP contribution in [0.2, 0.25) is 0 Å². The molecule has 0 aliphatic carbocycles. The summed E-state index contributed by atoms with van der Waals surface area (Å²) in [5, 5.41) is 10.4. The van der Waals surface area contributed by atoms with Crippen molar-refractivity contribution in [1.29, 1.82) is 0 Å². The molecule has 0 radical (unpaired) electrons. The van der Waals surface area contributed by atoms with E-state index in [9.17, 15) is 5.11 Å². The Kier molecular flexibility index (Phi) is 4.35. The van der Waals surface area contributed by atoms with Crippen molar-refractivity contribution in [1.82, 2.24) is 0 Å². The summed E-state index contributed by atoms with van der Waals surface area (Å²) in [6, 6.07) is 3.97. The minimum Gasteiger partial charge on any atom is -0.508 e. The Balaban J connectivity index is 3.64. The molecule has 0 atom stereocenters. The highest BCUT2D eigenvalue weighted by molar-refractivity contribution is 5.50. The molecule has 0 fully saturated rings. The molecular formula is C19H32O. The lowest BCUT2D eigenvalue weighted by atomic mass is 9.71. The van der Waals surface area contributed by atoms with Crippen LogP contribution in [0, 0.1) is 5.41 Å². The molecule has 0 aliphatic heterocycles. The van der Waals surface area contributed by atoms with Gasteiger partial charge in [0.25, 0.3) is 0 Å². The van der Waals surface area contributed by atoms with Crippen LogP contribution >= 0.6 is 0 Å². The minimum absolute atomic E-state index is 0.0297. The number of phenols is 1. The van der Waals surface area contributed by atoms with Crippen LogP contribution in [-0.2, 0) is 17.3 Å². The number of benzene rings is 1. The quantitative estimate of drug-likeness (QED) is 0.710. The Labute approximate surface area is 125 Å². The molecule has 0 bridgehead atoms. The Morgan fingerprint density at radius 2 is 1.30 bits per heavy atom. The van der Waals surface area contributed by atoms with Crippen LogP contribution in [0.5, 0.6) is 5.75 Å². The smallest absolute Gasteiger partial charge is 0.119 e. The fourth-order valence-electron chi connectivity index (χ4n) is 2.83. The second kappa shape index (κ2) is 5.09. The van der Waals surface area contributed by atoms with Crippen LogP contribution in [0.3, 0.4) is 0 Å². The molecule has 1 nitrogen and oxygen atoms in total. The van der Waals surface area contributed by atoms with Gasteiger partial charge in [-0.3, -0.25) is 0 Å². The molecule has 114 valence electrons. The van der Waals surface area contributed by atoms with Gasteiger partial charge in [-0.25, -0.2) is 0 Å².